The zero-order valence-corrected chi connectivity index (χ0v) is 20.0. The molecule has 0 radical (unpaired) electrons. The number of rotatable bonds is 3. The lowest BCUT2D eigenvalue weighted by Crippen LogP contribution is -2.29. The van der Waals surface area contributed by atoms with Gasteiger partial charge in [-0.2, -0.15) is 0 Å². The molecule has 0 saturated carbocycles. The molecule has 1 atom stereocenters. The van der Waals surface area contributed by atoms with E-state index in [0.717, 1.165) is 5.56 Å². The van der Waals surface area contributed by atoms with Gasteiger partial charge < -0.3 is 5.11 Å². The van der Waals surface area contributed by atoms with E-state index >= 15 is 0 Å². The molecule has 1 fully saturated rings. The molecule has 1 N–H and O–H groups in total. The maximum atomic E-state index is 13.2. The van der Waals surface area contributed by atoms with Crippen LogP contribution in [-0.2, 0) is 15.0 Å². The van der Waals surface area contributed by atoms with Crippen LogP contribution >= 0.6 is 23.2 Å². The smallest absolute Gasteiger partial charge is 0.300 e. The Kier molecular flexibility index (Phi) is 6.08. The van der Waals surface area contributed by atoms with Crippen molar-refractivity contribution >= 4 is 46.3 Å². The minimum absolute atomic E-state index is 0.00532. The molecule has 1 aliphatic heterocycles. The molecule has 0 aromatic heterocycles. The molecular formula is C27H23Cl2NO3. The first-order valence-corrected chi connectivity index (χ1v) is 11.3. The maximum Gasteiger partial charge on any atom is 0.300 e. The number of hydrogen-bond donors (Lipinski definition) is 1. The van der Waals surface area contributed by atoms with Gasteiger partial charge in [0.1, 0.15) is 5.76 Å². The largest absolute Gasteiger partial charge is 0.507 e. The number of anilines is 1. The zero-order valence-electron chi connectivity index (χ0n) is 18.5. The van der Waals surface area contributed by atoms with E-state index in [1.54, 1.807) is 36.4 Å². The van der Waals surface area contributed by atoms with Gasteiger partial charge in [0.25, 0.3) is 11.7 Å². The molecule has 0 bridgehead atoms. The highest BCUT2D eigenvalue weighted by Crippen LogP contribution is 2.43. The fourth-order valence-corrected chi connectivity index (χ4v) is 4.27. The molecule has 0 spiro atoms. The quantitative estimate of drug-likeness (QED) is 0.252. The number of aliphatic hydroxyl groups is 1. The third-order valence-corrected chi connectivity index (χ3v) is 6.50. The Morgan fingerprint density at radius 1 is 0.879 bits per heavy atom. The summed E-state index contributed by atoms with van der Waals surface area (Å²) in [7, 11) is 0. The van der Waals surface area contributed by atoms with Crippen LogP contribution in [0.4, 0.5) is 5.69 Å². The summed E-state index contributed by atoms with van der Waals surface area (Å²) in [6.45, 7) is 6.34. The number of halogens is 2. The van der Waals surface area contributed by atoms with E-state index in [9.17, 15) is 14.7 Å². The SMILES string of the molecule is CC(C)(C)c1ccc(C2/C(=C(/O)c3ccc(Cl)c(Cl)c3)C(=O)C(=O)N2c2ccccc2)cc1. The second kappa shape index (κ2) is 8.69. The minimum atomic E-state index is -0.795. The number of nitrogens with zero attached hydrogens (tertiary/aromatic N) is 1. The predicted octanol–water partition coefficient (Wildman–Crippen LogP) is 6.92. The molecule has 33 heavy (non-hydrogen) atoms. The van der Waals surface area contributed by atoms with Crippen molar-refractivity contribution in [1.82, 2.24) is 0 Å². The van der Waals surface area contributed by atoms with Gasteiger partial charge in [-0.25, -0.2) is 0 Å². The number of Topliss-reactive ketones (excluding diaryl/α,β-unsaturated/α-hetero) is 1. The second-order valence-corrected chi connectivity index (χ2v) is 9.82. The first-order valence-electron chi connectivity index (χ1n) is 10.5. The second-order valence-electron chi connectivity index (χ2n) is 9.01. The van der Waals surface area contributed by atoms with Crippen LogP contribution in [0.25, 0.3) is 5.76 Å². The van der Waals surface area contributed by atoms with Gasteiger partial charge in [-0.1, -0.05) is 86.4 Å². The molecule has 1 aliphatic rings. The average Bonchev–Trinajstić information content (AvgIpc) is 3.06. The third-order valence-electron chi connectivity index (χ3n) is 5.76. The van der Waals surface area contributed by atoms with E-state index in [1.807, 2.05) is 30.3 Å². The zero-order chi connectivity index (χ0) is 23.9. The monoisotopic (exact) mass is 479 g/mol. The summed E-state index contributed by atoms with van der Waals surface area (Å²) in [4.78, 5) is 27.8. The number of hydrogen-bond acceptors (Lipinski definition) is 3. The molecule has 1 heterocycles. The molecule has 1 unspecified atom stereocenters. The molecule has 4 nitrogen and oxygen atoms in total. The summed E-state index contributed by atoms with van der Waals surface area (Å²) in [5, 5.41) is 11.7. The highest BCUT2D eigenvalue weighted by Gasteiger charge is 2.47. The fourth-order valence-electron chi connectivity index (χ4n) is 3.97. The van der Waals surface area contributed by atoms with Crippen LogP contribution in [0.5, 0.6) is 0 Å². The Hall–Kier alpha value is -3.08. The number of carbonyl (C=O) groups excluding carboxylic acids is 2. The molecule has 6 heteroatoms. The highest BCUT2D eigenvalue weighted by atomic mass is 35.5. The Bertz CT molecular complexity index is 1260. The van der Waals surface area contributed by atoms with Gasteiger partial charge in [-0.05, 0) is 46.9 Å². The van der Waals surface area contributed by atoms with Gasteiger partial charge in [0, 0.05) is 11.3 Å². The number of ketones is 1. The van der Waals surface area contributed by atoms with Crippen molar-refractivity contribution in [3.63, 3.8) is 0 Å². The van der Waals surface area contributed by atoms with Crippen molar-refractivity contribution in [2.24, 2.45) is 0 Å². The van der Waals surface area contributed by atoms with Crippen LogP contribution in [-0.4, -0.2) is 16.8 Å². The van der Waals surface area contributed by atoms with E-state index < -0.39 is 17.7 Å². The fraction of sp³-hybridized carbons (Fsp3) is 0.185. The summed E-state index contributed by atoms with van der Waals surface area (Å²) in [5.74, 6) is -1.75. The van der Waals surface area contributed by atoms with Crippen molar-refractivity contribution in [2.45, 2.75) is 32.2 Å². The van der Waals surface area contributed by atoms with Gasteiger partial charge in [-0.3, -0.25) is 14.5 Å². The Morgan fingerprint density at radius 2 is 1.52 bits per heavy atom. The van der Waals surface area contributed by atoms with Crippen LogP contribution in [0, 0.1) is 0 Å². The number of carbonyl (C=O) groups is 2. The van der Waals surface area contributed by atoms with Crippen LogP contribution in [0.2, 0.25) is 10.0 Å². The van der Waals surface area contributed by atoms with E-state index in [0.29, 0.717) is 21.8 Å². The van der Waals surface area contributed by atoms with Crippen molar-refractivity contribution in [1.29, 1.82) is 0 Å². The molecule has 0 aliphatic carbocycles. The molecule has 1 amide bonds. The van der Waals surface area contributed by atoms with Gasteiger partial charge in [0.2, 0.25) is 0 Å². The van der Waals surface area contributed by atoms with E-state index in [1.165, 1.54) is 11.0 Å². The average molecular weight is 480 g/mol. The molecule has 4 rings (SSSR count). The summed E-state index contributed by atoms with van der Waals surface area (Å²) >= 11 is 12.2. The lowest BCUT2D eigenvalue weighted by Gasteiger charge is -2.26. The summed E-state index contributed by atoms with van der Waals surface area (Å²) in [6.07, 6.45) is 0. The van der Waals surface area contributed by atoms with Gasteiger partial charge in [-0.15, -0.1) is 0 Å². The number of aliphatic hydroxyl groups excluding tert-OH is 1. The topological polar surface area (TPSA) is 57.6 Å². The minimum Gasteiger partial charge on any atom is -0.507 e. The number of para-hydroxylation sites is 1. The first-order chi connectivity index (χ1) is 15.6. The first kappa shape index (κ1) is 23.1. The lowest BCUT2D eigenvalue weighted by molar-refractivity contribution is -0.132. The Labute approximate surface area is 203 Å². The molecular weight excluding hydrogens is 457 g/mol. The van der Waals surface area contributed by atoms with Gasteiger partial charge >= 0.3 is 0 Å². The lowest BCUT2D eigenvalue weighted by atomic mass is 9.85. The number of amides is 1. The van der Waals surface area contributed by atoms with Crippen molar-refractivity contribution in [2.75, 3.05) is 4.90 Å². The van der Waals surface area contributed by atoms with Crippen LogP contribution in [0.1, 0.15) is 43.5 Å². The predicted molar refractivity (Wildman–Crippen MR) is 133 cm³/mol. The molecule has 168 valence electrons. The van der Waals surface area contributed by atoms with Crippen LogP contribution in [0.3, 0.4) is 0 Å². The summed E-state index contributed by atoms with van der Waals surface area (Å²) < 4.78 is 0. The van der Waals surface area contributed by atoms with Gasteiger partial charge in [0.15, 0.2) is 0 Å². The Balaban J connectivity index is 1.93. The standard InChI is InChI=1S/C27H23Cl2NO3/c1-27(2,3)18-12-9-16(10-13-18)23-22(24(31)17-11-14-20(28)21(29)15-17)25(32)26(33)30(23)19-7-5-4-6-8-19/h4-15,23,31H,1-3H3/b24-22-. The molecule has 1 saturated heterocycles. The van der Waals surface area contributed by atoms with Crippen LogP contribution < -0.4 is 4.90 Å². The maximum absolute atomic E-state index is 13.2. The molecule has 3 aromatic carbocycles. The summed E-state index contributed by atoms with van der Waals surface area (Å²) in [6, 6.07) is 20.5. The number of benzene rings is 3. The van der Waals surface area contributed by atoms with Crippen molar-refractivity contribution in [3.05, 3.63) is 105 Å². The third kappa shape index (κ3) is 4.29. The normalized spacial score (nSPS) is 18.1. The highest BCUT2D eigenvalue weighted by molar-refractivity contribution is 6.51. The summed E-state index contributed by atoms with van der Waals surface area (Å²) in [5.41, 5.74) is 2.66. The van der Waals surface area contributed by atoms with Crippen molar-refractivity contribution in [3.8, 4) is 0 Å². The van der Waals surface area contributed by atoms with Crippen LogP contribution in [0.15, 0.2) is 78.4 Å². The van der Waals surface area contributed by atoms with E-state index in [-0.39, 0.29) is 21.8 Å². The van der Waals surface area contributed by atoms with Crippen molar-refractivity contribution < 1.29 is 14.7 Å². The van der Waals surface area contributed by atoms with E-state index in [4.69, 9.17) is 23.2 Å². The Morgan fingerprint density at radius 3 is 2.09 bits per heavy atom. The molecule has 3 aromatic rings. The van der Waals surface area contributed by atoms with E-state index in [2.05, 4.69) is 20.8 Å². The van der Waals surface area contributed by atoms with Gasteiger partial charge in [0.05, 0.1) is 21.7 Å².